The van der Waals surface area contributed by atoms with Crippen molar-refractivity contribution in [3.05, 3.63) is 29.1 Å². The summed E-state index contributed by atoms with van der Waals surface area (Å²) in [6, 6.07) is 4.18. The van der Waals surface area contributed by atoms with E-state index in [-0.39, 0.29) is 11.7 Å². The molecule has 0 aliphatic carbocycles. The van der Waals surface area contributed by atoms with E-state index in [2.05, 4.69) is 32.6 Å². The molecule has 2 rings (SSSR count). The van der Waals surface area contributed by atoms with Crippen LogP contribution in [0.5, 0.6) is 5.75 Å². The maximum atomic E-state index is 14.5. The molecule has 0 aromatic heterocycles. The first-order chi connectivity index (χ1) is 9.93. The number of likely N-dealkylation sites (tertiary alicyclic amines) is 1. The van der Waals surface area contributed by atoms with Gasteiger partial charge in [0.25, 0.3) is 0 Å². The molecule has 1 aliphatic rings. The number of halogens is 1. The molecule has 0 N–H and O–H groups in total. The first-order valence-corrected chi connectivity index (χ1v) is 8.05. The molecule has 0 spiro atoms. The Bertz CT molecular complexity index is 476. The van der Waals surface area contributed by atoms with Crippen LogP contribution in [0.4, 0.5) is 4.39 Å². The highest BCUT2D eigenvalue weighted by Gasteiger charge is 2.25. The molecule has 1 aromatic rings. The summed E-state index contributed by atoms with van der Waals surface area (Å²) in [7, 11) is 1.67. The summed E-state index contributed by atoms with van der Waals surface area (Å²) >= 11 is 0. The predicted octanol–water partition coefficient (Wildman–Crippen LogP) is 4.55. The van der Waals surface area contributed by atoms with E-state index in [9.17, 15) is 4.39 Å². The number of rotatable bonds is 4. The monoisotopic (exact) mass is 293 g/mol. The standard InChI is InChI=1S/C18H28FNO/c1-12(2)15-10-17(19)16(11-18(15)21-5)14-6-8-20(9-7-14)13(3)4/h10-14H,6-9H2,1-5H3. The fourth-order valence-electron chi connectivity index (χ4n) is 3.25. The van der Waals surface area contributed by atoms with Gasteiger partial charge in [-0.2, -0.15) is 0 Å². The second kappa shape index (κ2) is 6.78. The van der Waals surface area contributed by atoms with Crippen molar-refractivity contribution in [3.63, 3.8) is 0 Å². The highest BCUT2D eigenvalue weighted by Crippen LogP contribution is 2.36. The Morgan fingerprint density at radius 3 is 2.24 bits per heavy atom. The van der Waals surface area contributed by atoms with Crippen molar-refractivity contribution in [2.75, 3.05) is 20.2 Å². The molecule has 0 amide bonds. The SMILES string of the molecule is COc1cc(C2CCN(C(C)C)CC2)c(F)cc1C(C)C. The minimum Gasteiger partial charge on any atom is -0.496 e. The lowest BCUT2D eigenvalue weighted by atomic mass is 9.87. The van der Waals surface area contributed by atoms with Crippen LogP contribution in [0.15, 0.2) is 12.1 Å². The predicted molar refractivity (Wildman–Crippen MR) is 85.7 cm³/mol. The second-order valence-electron chi connectivity index (χ2n) is 6.67. The Morgan fingerprint density at radius 2 is 1.76 bits per heavy atom. The largest absolute Gasteiger partial charge is 0.496 e. The summed E-state index contributed by atoms with van der Waals surface area (Å²) in [6.07, 6.45) is 2.05. The molecule has 2 nitrogen and oxygen atoms in total. The normalized spacial score (nSPS) is 17.7. The van der Waals surface area contributed by atoms with Gasteiger partial charge < -0.3 is 9.64 Å². The zero-order valence-corrected chi connectivity index (χ0v) is 13.9. The first kappa shape index (κ1) is 16.3. The molecule has 3 heteroatoms. The summed E-state index contributed by atoms with van der Waals surface area (Å²) in [5.41, 5.74) is 1.79. The smallest absolute Gasteiger partial charge is 0.127 e. The molecular weight excluding hydrogens is 265 g/mol. The van der Waals surface area contributed by atoms with E-state index in [1.165, 1.54) is 0 Å². The van der Waals surface area contributed by atoms with Crippen LogP contribution in [-0.2, 0) is 0 Å². The van der Waals surface area contributed by atoms with Gasteiger partial charge in [0.1, 0.15) is 11.6 Å². The summed E-state index contributed by atoms with van der Waals surface area (Å²) in [6.45, 7) is 10.7. The van der Waals surface area contributed by atoms with Gasteiger partial charge in [0.2, 0.25) is 0 Å². The van der Waals surface area contributed by atoms with Gasteiger partial charge in [0.05, 0.1) is 7.11 Å². The molecule has 1 aromatic carbocycles. The van der Waals surface area contributed by atoms with Crippen LogP contribution in [0.2, 0.25) is 0 Å². The van der Waals surface area contributed by atoms with Crippen LogP contribution >= 0.6 is 0 Å². The average Bonchev–Trinajstić information content (AvgIpc) is 2.47. The van der Waals surface area contributed by atoms with E-state index in [0.29, 0.717) is 12.0 Å². The van der Waals surface area contributed by atoms with Crippen LogP contribution in [0, 0.1) is 5.82 Å². The Hall–Kier alpha value is -1.09. The number of hydrogen-bond acceptors (Lipinski definition) is 2. The lowest BCUT2D eigenvalue weighted by molar-refractivity contribution is 0.170. The first-order valence-electron chi connectivity index (χ1n) is 8.05. The molecule has 0 saturated carbocycles. The Morgan fingerprint density at radius 1 is 1.14 bits per heavy atom. The van der Waals surface area contributed by atoms with E-state index in [4.69, 9.17) is 4.74 Å². The second-order valence-corrected chi connectivity index (χ2v) is 6.67. The number of nitrogens with zero attached hydrogens (tertiary/aromatic N) is 1. The van der Waals surface area contributed by atoms with E-state index in [0.717, 1.165) is 42.8 Å². The zero-order valence-electron chi connectivity index (χ0n) is 13.9. The van der Waals surface area contributed by atoms with Gasteiger partial charge in [0, 0.05) is 6.04 Å². The molecule has 1 aliphatic heterocycles. The van der Waals surface area contributed by atoms with Crippen LogP contribution in [0.25, 0.3) is 0 Å². The van der Waals surface area contributed by atoms with Crippen molar-refractivity contribution >= 4 is 0 Å². The van der Waals surface area contributed by atoms with E-state index in [1.54, 1.807) is 13.2 Å². The van der Waals surface area contributed by atoms with Gasteiger partial charge in [-0.05, 0) is 74.9 Å². The molecule has 1 saturated heterocycles. The van der Waals surface area contributed by atoms with Gasteiger partial charge in [-0.15, -0.1) is 0 Å². The maximum absolute atomic E-state index is 14.5. The molecule has 1 heterocycles. The topological polar surface area (TPSA) is 12.5 Å². The minimum atomic E-state index is -0.0671. The average molecular weight is 293 g/mol. The Labute approximate surface area is 128 Å². The maximum Gasteiger partial charge on any atom is 0.127 e. The number of hydrogen-bond donors (Lipinski definition) is 0. The van der Waals surface area contributed by atoms with Crippen LogP contribution in [0.1, 0.15) is 63.5 Å². The quantitative estimate of drug-likeness (QED) is 0.807. The summed E-state index contributed by atoms with van der Waals surface area (Å²) in [5.74, 6) is 1.34. The number of methoxy groups -OCH3 is 1. The number of benzene rings is 1. The van der Waals surface area contributed by atoms with E-state index in [1.807, 2.05) is 6.07 Å². The summed E-state index contributed by atoms with van der Waals surface area (Å²) < 4.78 is 20.0. The lowest BCUT2D eigenvalue weighted by Gasteiger charge is -2.35. The number of piperidine rings is 1. The van der Waals surface area contributed by atoms with Crippen LogP contribution in [0.3, 0.4) is 0 Å². The van der Waals surface area contributed by atoms with Crippen LogP contribution in [-0.4, -0.2) is 31.1 Å². The van der Waals surface area contributed by atoms with Gasteiger partial charge in [-0.1, -0.05) is 13.8 Å². The number of ether oxygens (including phenoxy) is 1. The van der Waals surface area contributed by atoms with Crippen molar-refractivity contribution in [3.8, 4) is 5.75 Å². The van der Waals surface area contributed by atoms with Crippen LogP contribution < -0.4 is 4.74 Å². The molecule has 1 fully saturated rings. The highest BCUT2D eigenvalue weighted by atomic mass is 19.1. The molecule has 0 atom stereocenters. The fraction of sp³-hybridized carbons (Fsp3) is 0.667. The third kappa shape index (κ3) is 3.57. The molecule has 0 radical (unpaired) electrons. The molecular formula is C18H28FNO. The highest BCUT2D eigenvalue weighted by molar-refractivity contribution is 5.41. The molecule has 0 bridgehead atoms. The lowest BCUT2D eigenvalue weighted by Crippen LogP contribution is -2.38. The summed E-state index contributed by atoms with van der Waals surface area (Å²) in [4.78, 5) is 2.47. The van der Waals surface area contributed by atoms with Crippen molar-refractivity contribution in [1.82, 2.24) is 4.90 Å². The van der Waals surface area contributed by atoms with E-state index < -0.39 is 0 Å². The molecule has 0 unspecified atom stereocenters. The third-order valence-corrected chi connectivity index (χ3v) is 4.67. The fourth-order valence-corrected chi connectivity index (χ4v) is 3.25. The Kier molecular flexibility index (Phi) is 5.26. The van der Waals surface area contributed by atoms with Crippen molar-refractivity contribution < 1.29 is 9.13 Å². The van der Waals surface area contributed by atoms with Gasteiger partial charge in [-0.3, -0.25) is 0 Å². The van der Waals surface area contributed by atoms with Gasteiger partial charge in [0.15, 0.2) is 0 Å². The minimum absolute atomic E-state index is 0.0671. The Balaban J connectivity index is 2.21. The summed E-state index contributed by atoms with van der Waals surface area (Å²) in [5, 5.41) is 0. The van der Waals surface area contributed by atoms with Crippen molar-refractivity contribution in [2.45, 2.75) is 58.4 Å². The zero-order chi connectivity index (χ0) is 15.6. The third-order valence-electron chi connectivity index (χ3n) is 4.67. The van der Waals surface area contributed by atoms with Crippen molar-refractivity contribution in [2.24, 2.45) is 0 Å². The van der Waals surface area contributed by atoms with E-state index >= 15 is 0 Å². The van der Waals surface area contributed by atoms with Crippen molar-refractivity contribution in [1.29, 1.82) is 0 Å². The molecule has 21 heavy (non-hydrogen) atoms. The molecule has 118 valence electrons. The van der Waals surface area contributed by atoms with Gasteiger partial charge >= 0.3 is 0 Å². The van der Waals surface area contributed by atoms with Gasteiger partial charge in [-0.25, -0.2) is 4.39 Å².